The van der Waals surface area contributed by atoms with E-state index in [1.807, 2.05) is 0 Å². The topological polar surface area (TPSA) is 84.0 Å². The highest BCUT2D eigenvalue weighted by Gasteiger charge is 2.19. The second-order valence-electron chi connectivity index (χ2n) is 4.36. The van der Waals surface area contributed by atoms with Crippen molar-refractivity contribution < 1.29 is 17.2 Å². The third-order valence-electron chi connectivity index (χ3n) is 2.86. The Labute approximate surface area is 120 Å². The van der Waals surface area contributed by atoms with Gasteiger partial charge >= 0.3 is 0 Å². The van der Waals surface area contributed by atoms with Crippen LogP contribution in [-0.4, -0.2) is 8.42 Å². The first-order valence-electron chi connectivity index (χ1n) is 5.80. The molecule has 0 fully saturated rings. The van der Waals surface area contributed by atoms with Gasteiger partial charge in [-0.3, -0.25) is 0 Å². The van der Waals surface area contributed by atoms with Crippen molar-refractivity contribution in [2.75, 3.05) is 5.73 Å². The summed E-state index contributed by atoms with van der Waals surface area (Å²) in [5, 5.41) is 8.91. The molecule has 2 N–H and O–H groups in total. The number of nitrogens with zero attached hydrogens (tertiary/aromatic N) is 1. The summed E-state index contributed by atoms with van der Waals surface area (Å²) < 4.78 is 51.0. The van der Waals surface area contributed by atoms with E-state index in [4.69, 9.17) is 11.0 Å². The maximum absolute atomic E-state index is 13.4. The van der Waals surface area contributed by atoms with Gasteiger partial charge in [-0.1, -0.05) is 0 Å². The van der Waals surface area contributed by atoms with Gasteiger partial charge in [0, 0.05) is 0 Å². The first-order valence-corrected chi connectivity index (χ1v) is 7.45. The van der Waals surface area contributed by atoms with E-state index in [1.54, 1.807) is 6.07 Å². The molecule has 0 aliphatic rings. The van der Waals surface area contributed by atoms with Crippen molar-refractivity contribution in [2.45, 2.75) is 10.6 Å². The minimum Gasteiger partial charge on any atom is -0.396 e. The summed E-state index contributed by atoms with van der Waals surface area (Å²) in [4.78, 5) is -0.276. The molecule has 0 aromatic heterocycles. The minimum atomic E-state index is -3.92. The van der Waals surface area contributed by atoms with Gasteiger partial charge in [0.25, 0.3) is 0 Å². The SMILES string of the molecule is N#Cc1ccc(F)cc1CS(=O)(=O)c1ccc(N)c(F)c1. The molecule has 0 bridgehead atoms. The quantitative estimate of drug-likeness (QED) is 0.882. The van der Waals surface area contributed by atoms with Crippen LogP contribution >= 0.6 is 0 Å². The third-order valence-corrected chi connectivity index (χ3v) is 4.53. The molecular weight excluding hydrogens is 298 g/mol. The number of nitrogens with two attached hydrogens (primary N) is 1. The maximum Gasteiger partial charge on any atom is 0.182 e. The lowest BCUT2D eigenvalue weighted by atomic mass is 10.1. The van der Waals surface area contributed by atoms with E-state index in [2.05, 4.69) is 0 Å². The van der Waals surface area contributed by atoms with Crippen molar-refractivity contribution in [3.05, 3.63) is 59.2 Å². The second kappa shape index (κ2) is 5.50. The Morgan fingerprint density at radius 3 is 2.48 bits per heavy atom. The molecule has 0 aliphatic heterocycles. The van der Waals surface area contributed by atoms with Gasteiger partial charge in [0.05, 0.1) is 28.0 Å². The average Bonchev–Trinajstić information content (AvgIpc) is 2.41. The van der Waals surface area contributed by atoms with Crippen LogP contribution in [0.5, 0.6) is 0 Å². The molecule has 0 heterocycles. The van der Waals surface area contributed by atoms with E-state index < -0.39 is 27.2 Å². The van der Waals surface area contributed by atoms with Crippen molar-refractivity contribution in [1.29, 1.82) is 5.26 Å². The molecule has 108 valence electrons. The average molecular weight is 308 g/mol. The van der Waals surface area contributed by atoms with Crippen LogP contribution in [0.3, 0.4) is 0 Å². The number of halogens is 2. The van der Waals surface area contributed by atoms with Crippen LogP contribution in [-0.2, 0) is 15.6 Å². The number of anilines is 1. The van der Waals surface area contributed by atoms with E-state index in [1.165, 1.54) is 12.1 Å². The third kappa shape index (κ3) is 3.17. The first-order chi connectivity index (χ1) is 9.83. The van der Waals surface area contributed by atoms with Gasteiger partial charge in [0.15, 0.2) is 9.84 Å². The van der Waals surface area contributed by atoms with Crippen LogP contribution in [0.1, 0.15) is 11.1 Å². The Morgan fingerprint density at radius 1 is 1.14 bits per heavy atom. The zero-order chi connectivity index (χ0) is 15.6. The molecule has 0 radical (unpaired) electrons. The Hall–Kier alpha value is -2.46. The van der Waals surface area contributed by atoms with Crippen LogP contribution in [0, 0.1) is 23.0 Å². The van der Waals surface area contributed by atoms with E-state index in [0.29, 0.717) is 0 Å². The van der Waals surface area contributed by atoms with Crippen LogP contribution in [0.25, 0.3) is 0 Å². The van der Waals surface area contributed by atoms with Gasteiger partial charge in [0.1, 0.15) is 11.6 Å². The van der Waals surface area contributed by atoms with Gasteiger partial charge in [-0.05, 0) is 42.0 Å². The molecule has 0 spiro atoms. The fourth-order valence-corrected chi connectivity index (χ4v) is 3.15. The van der Waals surface area contributed by atoms with Crippen molar-refractivity contribution in [3.63, 3.8) is 0 Å². The molecule has 7 heteroatoms. The summed E-state index contributed by atoms with van der Waals surface area (Å²) >= 11 is 0. The lowest BCUT2D eigenvalue weighted by molar-refractivity contribution is 0.590. The fourth-order valence-electron chi connectivity index (χ4n) is 1.78. The molecule has 0 atom stereocenters. The number of nitriles is 1. The Morgan fingerprint density at radius 2 is 1.86 bits per heavy atom. The largest absolute Gasteiger partial charge is 0.396 e. The summed E-state index contributed by atoms with van der Waals surface area (Å²) in [6, 6.07) is 8.14. The molecular formula is C14H10F2N2O2S. The van der Waals surface area contributed by atoms with Crippen molar-refractivity contribution in [1.82, 2.24) is 0 Å². The number of benzene rings is 2. The summed E-state index contributed by atoms with van der Waals surface area (Å²) in [5.74, 6) is -2.10. The van der Waals surface area contributed by atoms with Crippen LogP contribution in [0.4, 0.5) is 14.5 Å². The maximum atomic E-state index is 13.4. The molecule has 0 saturated carbocycles. The Kier molecular flexibility index (Phi) is 3.91. The first kappa shape index (κ1) is 14.9. The van der Waals surface area contributed by atoms with Crippen molar-refractivity contribution in [3.8, 4) is 6.07 Å². The minimum absolute atomic E-state index is 0.0229. The highest BCUT2D eigenvalue weighted by molar-refractivity contribution is 7.90. The number of hydrogen-bond donors (Lipinski definition) is 1. The Balaban J connectivity index is 2.45. The highest BCUT2D eigenvalue weighted by atomic mass is 32.2. The predicted octanol–water partition coefficient (Wildman–Crippen LogP) is 2.39. The van der Waals surface area contributed by atoms with E-state index in [-0.39, 0.29) is 21.7 Å². The molecule has 0 unspecified atom stereocenters. The number of nitrogen functional groups attached to an aromatic ring is 1. The molecule has 2 aromatic rings. The zero-order valence-corrected chi connectivity index (χ0v) is 11.5. The molecule has 21 heavy (non-hydrogen) atoms. The van der Waals surface area contributed by atoms with Crippen LogP contribution in [0.2, 0.25) is 0 Å². The smallest absolute Gasteiger partial charge is 0.182 e. The summed E-state index contributed by atoms with van der Waals surface area (Å²) in [5.41, 5.74) is 5.19. The number of hydrogen-bond acceptors (Lipinski definition) is 4. The van der Waals surface area contributed by atoms with Gasteiger partial charge in [-0.15, -0.1) is 0 Å². The normalized spacial score (nSPS) is 11.1. The summed E-state index contributed by atoms with van der Waals surface area (Å²) in [6.07, 6.45) is 0. The molecule has 0 saturated heterocycles. The van der Waals surface area contributed by atoms with Crippen molar-refractivity contribution >= 4 is 15.5 Å². The van der Waals surface area contributed by atoms with E-state index in [0.717, 1.165) is 24.3 Å². The van der Waals surface area contributed by atoms with Crippen LogP contribution < -0.4 is 5.73 Å². The number of rotatable bonds is 3. The summed E-state index contributed by atoms with van der Waals surface area (Å²) in [7, 11) is -3.92. The van der Waals surface area contributed by atoms with E-state index >= 15 is 0 Å². The van der Waals surface area contributed by atoms with Gasteiger partial charge in [-0.25, -0.2) is 17.2 Å². The van der Waals surface area contributed by atoms with Gasteiger partial charge < -0.3 is 5.73 Å². The second-order valence-corrected chi connectivity index (χ2v) is 6.35. The van der Waals surface area contributed by atoms with E-state index in [9.17, 15) is 17.2 Å². The fraction of sp³-hybridized carbons (Fsp3) is 0.0714. The highest BCUT2D eigenvalue weighted by Crippen LogP contribution is 2.22. The molecule has 0 aliphatic carbocycles. The lowest BCUT2D eigenvalue weighted by Gasteiger charge is -2.07. The monoisotopic (exact) mass is 308 g/mol. The molecule has 4 nitrogen and oxygen atoms in total. The molecule has 2 rings (SSSR count). The molecule has 2 aromatic carbocycles. The van der Waals surface area contributed by atoms with Gasteiger partial charge in [-0.2, -0.15) is 5.26 Å². The number of sulfone groups is 1. The van der Waals surface area contributed by atoms with Crippen molar-refractivity contribution in [2.24, 2.45) is 0 Å². The standard InChI is InChI=1S/C14H10F2N2O2S/c15-11-2-1-9(7-17)10(5-11)8-21(19,20)12-3-4-14(18)13(16)6-12/h1-6H,8,18H2. The molecule has 0 amide bonds. The van der Waals surface area contributed by atoms with Crippen LogP contribution in [0.15, 0.2) is 41.3 Å². The zero-order valence-electron chi connectivity index (χ0n) is 10.7. The Bertz CT molecular complexity index is 843. The lowest BCUT2D eigenvalue weighted by Crippen LogP contribution is -2.07. The van der Waals surface area contributed by atoms with Gasteiger partial charge in [0.2, 0.25) is 0 Å². The predicted molar refractivity (Wildman–Crippen MR) is 72.8 cm³/mol. The summed E-state index contributed by atoms with van der Waals surface area (Å²) in [6.45, 7) is 0.